The molecule has 8 nitrogen and oxygen atoms in total. The van der Waals surface area contributed by atoms with Gasteiger partial charge in [0.2, 0.25) is 17.8 Å². The van der Waals surface area contributed by atoms with Crippen LogP contribution in [0.1, 0.15) is 34.6 Å². The van der Waals surface area contributed by atoms with Crippen molar-refractivity contribution in [2.45, 2.75) is 44.3 Å². The topological polar surface area (TPSA) is 105 Å². The molecule has 27 heavy (non-hydrogen) atoms. The number of hydrogen-bond acceptors (Lipinski definition) is 8. The maximum Gasteiger partial charge on any atom is 0.241 e. The van der Waals surface area contributed by atoms with Crippen LogP contribution in [0.15, 0.2) is 34.5 Å². The summed E-state index contributed by atoms with van der Waals surface area (Å²) in [6, 6.07) is 3.76. The minimum Gasteiger partial charge on any atom is -0.350 e. The number of aromatic nitrogens is 4. The van der Waals surface area contributed by atoms with Crippen LogP contribution < -0.4 is 16.0 Å². The van der Waals surface area contributed by atoms with Crippen LogP contribution >= 0.6 is 11.8 Å². The van der Waals surface area contributed by atoms with Gasteiger partial charge in [-0.25, -0.2) is 15.0 Å². The number of allylic oxidation sites excluding steroid dienone is 1. The fourth-order valence-electron chi connectivity index (χ4n) is 2.21. The lowest BCUT2D eigenvalue weighted by Crippen LogP contribution is -2.37. The summed E-state index contributed by atoms with van der Waals surface area (Å²) in [4.78, 5) is 30.1. The molecule has 1 amide bonds. The first-order chi connectivity index (χ1) is 12.7. The Bertz CT molecular complexity index is 906. The first-order valence-electron chi connectivity index (χ1n) is 8.59. The fourth-order valence-corrected chi connectivity index (χ4v) is 3.23. The van der Waals surface area contributed by atoms with E-state index in [4.69, 9.17) is 0 Å². The number of anilines is 4. The van der Waals surface area contributed by atoms with E-state index in [1.54, 1.807) is 0 Å². The molecule has 0 fully saturated rings. The largest absolute Gasteiger partial charge is 0.350 e. The quantitative estimate of drug-likeness (QED) is 0.671. The number of nitrogens with zero attached hydrogens (tertiary/aromatic N) is 4. The van der Waals surface area contributed by atoms with Gasteiger partial charge in [-0.1, -0.05) is 11.1 Å². The molecule has 0 aliphatic carbocycles. The van der Waals surface area contributed by atoms with Gasteiger partial charge >= 0.3 is 0 Å². The van der Waals surface area contributed by atoms with Gasteiger partial charge in [0.15, 0.2) is 0 Å². The zero-order chi connectivity index (χ0) is 19.6. The number of hydrogen-bond donors (Lipinski definition) is 3. The van der Waals surface area contributed by atoms with E-state index in [0.29, 0.717) is 30.1 Å². The van der Waals surface area contributed by atoms with Gasteiger partial charge in [0, 0.05) is 6.54 Å². The number of carbonyl (C=O) groups excluding carboxylic acids is 1. The minimum absolute atomic E-state index is 0.0639. The van der Waals surface area contributed by atoms with Gasteiger partial charge in [0.1, 0.15) is 18.0 Å². The van der Waals surface area contributed by atoms with Crippen LogP contribution in [0.3, 0.4) is 0 Å². The highest BCUT2D eigenvalue weighted by atomic mass is 32.2. The molecule has 0 saturated carbocycles. The summed E-state index contributed by atoms with van der Waals surface area (Å²) in [5.41, 5.74) is 2.49. The van der Waals surface area contributed by atoms with Gasteiger partial charge in [-0.2, -0.15) is 4.98 Å². The summed E-state index contributed by atoms with van der Waals surface area (Å²) in [6.45, 7) is 10.6. The van der Waals surface area contributed by atoms with Gasteiger partial charge in [-0.15, -0.1) is 11.8 Å². The van der Waals surface area contributed by atoms with Gasteiger partial charge in [-0.05, 0) is 46.8 Å². The number of rotatable bonds is 5. The molecule has 2 aromatic rings. The van der Waals surface area contributed by atoms with Crippen LogP contribution in [0.5, 0.6) is 0 Å². The lowest BCUT2D eigenvalue weighted by molar-refractivity contribution is -0.117. The van der Waals surface area contributed by atoms with Crippen molar-refractivity contribution in [2.75, 3.05) is 22.5 Å². The third-order valence-corrected chi connectivity index (χ3v) is 5.42. The zero-order valence-corrected chi connectivity index (χ0v) is 16.9. The first kappa shape index (κ1) is 19.1. The number of nitrogens with one attached hydrogen (secondary N) is 3. The molecule has 0 radical (unpaired) electrons. The lowest BCUT2D eigenvalue weighted by Gasteiger charge is -2.29. The summed E-state index contributed by atoms with van der Waals surface area (Å²) < 4.78 is -0.512. The van der Waals surface area contributed by atoms with E-state index < -0.39 is 4.75 Å². The molecule has 3 heterocycles. The zero-order valence-electron chi connectivity index (χ0n) is 16.0. The number of carbonyl (C=O) groups is 1. The number of amides is 1. The van der Waals surface area contributed by atoms with Crippen LogP contribution in [0, 0.1) is 0 Å². The van der Waals surface area contributed by atoms with Crippen molar-refractivity contribution in [3.63, 3.8) is 0 Å². The van der Waals surface area contributed by atoms with Crippen LogP contribution in [0.25, 0.3) is 0 Å². The van der Waals surface area contributed by atoms with E-state index in [0.717, 1.165) is 4.90 Å². The standard InChI is InChI=1S/C18H23N7OS/c1-10(2)11(3)8-19-16-20-9-21-17(25-16)23-13-7-6-12-14(22-13)24-15(26)18(4,5)27-12/h6-7,9H,8H2,1-5H3,(H3,19,20,21,22,23,24,25,26). The maximum absolute atomic E-state index is 12.1. The summed E-state index contributed by atoms with van der Waals surface area (Å²) in [7, 11) is 0. The van der Waals surface area contributed by atoms with E-state index in [9.17, 15) is 4.79 Å². The van der Waals surface area contributed by atoms with Gasteiger partial charge in [0.25, 0.3) is 0 Å². The molecule has 2 aromatic heterocycles. The number of fused-ring (bicyclic) bond motifs is 1. The molecule has 0 unspecified atom stereocenters. The highest BCUT2D eigenvalue weighted by Crippen LogP contribution is 2.41. The Hall–Kier alpha value is -2.68. The monoisotopic (exact) mass is 385 g/mol. The van der Waals surface area contributed by atoms with Gasteiger partial charge in [0.05, 0.1) is 9.64 Å². The molecule has 0 spiro atoms. The second-order valence-electron chi connectivity index (χ2n) is 7.00. The Balaban J connectivity index is 1.73. The van der Waals surface area contributed by atoms with Crippen molar-refractivity contribution < 1.29 is 4.79 Å². The predicted molar refractivity (Wildman–Crippen MR) is 108 cm³/mol. The van der Waals surface area contributed by atoms with Crippen molar-refractivity contribution in [3.05, 3.63) is 29.6 Å². The van der Waals surface area contributed by atoms with E-state index in [-0.39, 0.29) is 5.91 Å². The van der Waals surface area contributed by atoms with Crippen molar-refractivity contribution in [3.8, 4) is 0 Å². The minimum atomic E-state index is -0.512. The molecule has 3 N–H and O–H groups in total. The van der Waals surface area contributed by atoms with Crippen molar-refractivity contribution in [1.82, 2.24) is 19.9 Å². The smallest absolute Gasteiger partial charge is 0.241 e. The molecule has 3 rings (SSSR count). The lowest BCUT2D eigenvalue weighted by atomic mass is 10.2. The van der Waals surface area contributed by atoms with Gasteiger partial charge < -0.3 is 16.0 Å². The molecule has 0 bridgehead atoms. The molecule has 142 valence electrons. The Labute approximate surface area is 162 Å². The van der Waals surface area contributed by atoms with Crippen molar-refractivity contribution in [1.29, 1.82) is 0 Å². The fraction of sp³-hybridized carbons (Fsp3) is 0.389. The molecule has 1 aliphatic heterocycles. The first-order valence-corrected chi connectivity index (χ1v) is 9.40. The number of thioether (sulfide) groups is 1. The molecule has 0 atom stereocenters. The van der Waals surface area contributed by atoms with E-state index in [1.807, 2.05) is 26.0 Å². The SMILES string of the molecule is CC(C)=C(C)CNc1ncnc(Nc2ccc3c(n2)NC(=O)C(C)(C)S3)n1. The molecule has 9 heteroatoms. The Morgan fingerprint density at radius 1 is 1.15 bits per heavy atom. The molecule has 0 saturated heterocycles. The van der Waals surface area contributed by atoms with Crippen molar-refractivity contribution >= 4 is 41.2 Å². The highest BCUT2D eigenvalue weighted by molar-refractivity contribution is 8.01. The maximum atomic E-state index is 12.1. The number of pyridine rings is 1. The van der Waals surface area contributed by atoms with E-state index in [1.165, 1.54) is 29.2 Å². The summed E-state index contributed by atoms with van der Waals surface area (Å²) >= 11 is 1.49. The summed E-state index contributed by atoms with van der Waals surface area (Å²) in [5, 5.41) is 9.08. The van der Waals surface area contributed by atoms with Gasteiger partial charge in [-0.3, -0.25) is 4.79 Å². The highest BCUT2D eigenvalue weighted by Gasteiger charge is 2.35. The third-order valence-electron chi connectivity index (χ3n) is 4.18. The van der Waals surface area contributed by atoms with E-state index >= 15 is 0 Å². The average molecular weight is 385 g/mol. The summed E-state index contributed by atoms with van der Waals surface area (Å²) in [6.07, 6.45) is 1.44. The van der Waals surface area contributed by atoms with E-state index in [2.05, 4.69) is 56.7 Å². The van der Waals surface area contributed by atoms with Crippen LogP contribution in [0.2, 0.25) is 0 Å². The second kappa shape index (κ2) is 7.51. The molecular formula is C18H23N7OS. The summed E-state index contributed by atoms with van der Waals surface area (Å²) in [5.74, 6) is 1.89. The Morgan fingerprint density at radius 3 is 2.63 bits per heavy atom. The second-order valence-corrected chi connectivity index (χ2v) is 8.67. The average Bonchev–Trinajstić information content (AvgIpc) is 2.61. The normalized spacial score (nSPS) is 14.8. The molecular weight excluding hydrogens is 362 g/mol. The third kappa shape index (κ3) is 4.54. The van der Waals surface area contributed by atoms with Crippen LogP contribution in [-0.2, 0) is 4.79 Å². The molecule has 1 aliphatic rings. The Morgan fingerprint density at radius 2 is 1.89 bits per heavy atom. The Kier molecular flexibility index (Phi) is 5.31. The predicted octanol–water partition coefficient (Wildman–Crippen LogP) is 3.60. The van der Waals surface area contributed by atoms with Crippen LogP contribution in [-0.4, -0.2) is 37.1 Å². The van der Waals surface area contributed by atoms with Crippen LogP contribution in [0.4, 0.5) is 23.5 Å². The van der Waals surface area contributed by atoms with Crippen molar-refractivity contribution in [2.24, 2.45) is 0 Å². The molecule has 0 aromatic carbocycles.